The Morgan fingerprint density at radius 3 is 2.68 bits per heavy atom. The van der Waals surface area contributed by atoms with Gasteiger partial charge in [-0.15, -0.1) is 21.8 Å². The molecule has 0 aromatic carbocycles. The van der Waals surface area contributed by atoms with Gasteiger partial charge in [-0.05, 0) is 51.4 Å². The average Bonchev–Trinajstić information content (AvgIpc) is 3.24. The van der Waals surface area contributed by atoms with Crippen LogP contribution in [0.5, 0.6) is 0 Å². The maximum Gasteiger partial charge on any atom is 0.174 e. The minimum atomic E-state index is -0.536. The zero-order valence-corrected chi connectivity index (χ0v) is 17.5. The minimum Gasteiger partial charge on any atom is -0.393 e. The molecule has 8 heteroatoms. The van der Waals surface area contributed by atoms with Gasteiger partial charge >= 0.3 is 0 Å². The number of hydrogen-bond acceptors (Lipinski definition) is 6. The van der Waals surface area contributed by atoms with Crippen molar-refractivity contribution < 1.29 is 15.3 Å². The van der Waals surface area contributed by atoms with E-state index in [1.54, 1.807) is 13.0 Å². The van der Waals surface area contributed by atoms with E-state index in [0.29, 0.717) is 19.3 Å². The van der Waals surface area contributed by atoms with Crippen LogP contribution >= 0.6 is 11.6 Å². The van der Waals surface area contributed by atoms with E-state index in [4.69, 9.17) is 11.6 Å². The molecule has 2 rings (SSSR count). The van der Waals surface area contributed by atoms with Crippen LogP contribution in [-0.2, 0) is 6.42 Å². The van der Waals surface area contributed by atoms with E-state index in [1.165, 1.54) is 0 Å². The van der Waals surface area contributed by atoms with Crippen molar-refractivity contribution in [1.82, 2.24) is 20.6 Å². The number of aromatic amines is 1. The van der Waals surface area contributed by atoms with E-state index in [9.17, 15) is 15.3 Å². The first kappa shape index (κ1) is 23.3. The summed E-state index contributed by atoms with van der Waals surface area (Å²) in [6.45, 7) is 1.76. The van der Waals surface area contributed by atoms with Crippen LogP contribution in [0.15, 0.2) is 12.2 Å². The predicted octanol–water partition coefficient (Wildman–Crippen LogP) is 2.77. The lowest BCUT2D eigenvalue weighted by Crippen LogP contribution is -2.19. The van der Waals surface area contributed by atoms with Crippen LogP contribution in [0, 0.1) is 11.8 Å². The number of aliphatic hydroxyl groups excluding tert-OH is 3. The molecule has 0 amide bonds. The topological polar surface area (TPSA) is 115 Å². The molecule has 160 valence electrons. The molecule has 1 aromatic rings. The number of nitrogens with zero attached hydrogens (tertiary/aromatic N) is 3. The largest absolute Gasteiger partial charge is 0.393 e. The second-order valence-electron chi connectivity index (χ2n) is 8.07. The Hall–Kier alpha value is -1.02. The van der Waals surface area contributed by atoms with E-state index in [2.05, 4.69) is 20.6 Å². The number of unbranched alkanes of at least 4 members (excludes halogenated alkanes) is 3. The zero-order chi connectivity index (χ0) is 20.4. The number of rotatable bonds is 13. The second-order valence-corrected chi connectivity index (χ2v) is 8.63. The Morgan fingerprint density at radius 1 is 1.18 bits per heavy atom. The Balaban J connectivity index is 1.69. The lowest BCUT2D eigenvalue weighted by molar-refractivity contribution is 0.138. The number of aliphatic hydroxyl groups is 3. The van der Waals surface area contributed by atoms with Gasteiger partial charge in [0.1, 0.15) is 0 Å². The van der Waals surface area contributed by atoms with Crippen LogP contribution < -0.4 is 0 Å². The van der Waals surface area contributed by atoms with Crippen molar-refractivity contribution in [3.63, 3.8) is 0 Å². The molecule has 1 heterocycles. The molecule has 7 nitrogen and oxygen atoms in total. The minimum absolute atomic E-state index is 0.00763. The Bertz CT molecular complexity index is 556. The molecule has 1 fully saturated rings. The third kappa shape index (κ3) is 8.15. The van der Waals surface area contributed by atoms with Gasteiger partial charge in [0.2, 0.25) is 0 Å². The fraction of sp³-hybridized carbons (Fsp3) is 0.850. The highest BCUT2D eigenvalue weighted by Gasteiger charge is 2.39. The van der Waals surface area contributed by atoms with Crippen molar-refractivity contribution in [3.05, 3.63) is 18.0 Å². The summed E-state index contributed by atoms with van der Waals surface area (Å²) >= 11 is 6.50. The van der Waals surface area contributed by atoms with Gasteiger partial charge in [-0.3, -0.25) is 0 Å². The van der Waals surface area contributed by atoms with E-state index >= 15 is 0 Å². The smallest absolute Gasteiger partial charge is 0.174 e. The monoisotopic (exact) mass is 414 g/mol. The Kier molecular flexibility index (Phi) is 10.4. The van der Waals surface area contributed by atoms with E-state index in [0.717, 1.165) is 50.8 Å². The van der Waals surface area contributed by atoms with E-state index in [1.807, 2.05) is 6.08 Å². The number of hydrogen-bond donors (Lipinski definition) is 4. The first-order valence-electron chi connectivity index (χ1n) is 10.6. The van der Waals surface area contributed by atoms with Crippen LogP contribution in [0.3, 0.4) is 0 Å². The maximum absolute atomic E-state index is 10.4. The molecule has 0 saturated heterocycles. The highest BCUT2D eigenvalue weighted by atomic mass is 35.5. The lowest BCUT2D eigenvalue weighted by Gasteiger charge is -2.21. The first-order valence-corrected chi connectivity index (χ1v) is 11.0. The van der Waals surface area contributed by atoms with Gasteiger partial charge in [-0.2, -0.15) is 5.21 Å². The summed E-state index contributed by atoms with van der Waals surface area (Å²) in [5.41, 5.74) is 0. The lowest BCUT2D eigenvalue weighted by atomic mass is 9.88. The number of nitrogens with one attached hydrogen (secondary N) is 1. The van der Waals surface area contributed by atoms with Gasteiger partial charge in [-0.1, -0.05) is 36.6 Å². The van der Waals surface area contributed by atoms with Gasteiger partial charge < -0.3 is 15.3 Å². The Morgan fingerprint density at radius 2 is 1.96 bits per heavy atom. The molecule has 0 spiro atoms. The van der Waals surface area contributed by atoms with E-state index < -0.39 is 12.2 Å². The summed E-state index contributed by atoms with van der Waals surface area (Å²) in [7, 11) is 0. The summed E-state index contributed by atoms with van der Waals surface area (Å²) in [6, 6.07) is 0. The molecule has 1 saturated carbocycles. The normalized spacial score (nSPS) is 27.5. The van der Waals surface area contributed by atoms with Crippen molar-refractivity contribution in [3.8, 4) is 0 Å². The van der Waals surface area contributed by atoms with Crippen molar-refractivity contribution >= 4 is 11.6 Å². The van der Waals surface area contributed by atoms with Crippen molar-refractivity contribution in [2.45, 2.75) is 94.8 Å². The molecule has 28 heavy (non-hydrogen) atoms. The number of tetrazole rings is 1. The molecule has 0 unspecified atom stereocenters. The number of halogens is 1. The van der Waals surface area contributed by atoms with Gasteiger partial charge in [0.25, 0.3) is 0 Å². The number of aromatic nitrogens is 4. The van der Waals surface area contributed by atoms with Crippen LogP contribution in [0.1, 0.15) is 70.5 Å². The van der Waals surface area contributed by atoms with Crippen LogP contribution in [0.25, 0.3) is 0 Å². The Labute approximate surface area is 172 Å². The van der Waals surface area contributed by atoms with Crippen LogP contribution in [0.4, 0.5) is 0 Å². The highest BCUT2D eigenvalue weighted by Crippen LogP contribution is 2.40. The van der Waals surface area contributed by atoms with Crippen molar-refractivity contribution in [1.29, 1.82) is 0 Å². The third-order valence-corrected chi connectivity index (χ3v) is 6.13. The maximum atomic E-state index is 10.4. The SMILES string of the molecule is C[C@@H](O)CCC[C@H](O)/C=C/[C@@H]1[C@@H](CCCCCCc2nn[nH]n2)[C@H](Cl)C[C@H]1O. The first-order chi connectivity index (χ1) is 13.5. The predicted molar refractivity (Wildman–Crippen MR) is 109 cm³/mol. The molecule has 0 bridgehead atoms. The van der Waals surface area contributed by atoms with Gasteiger partial charge in [-0.25, -0.2) is 0 Å². The molecule has 1 aromatic heterocycles. The summed E-state index contributed by atoms with van der Waals surface area (Å²) < 4.78 is 0. The van der Waals surface area contributed by atoms with Gasteiger partial charge in [0.05, 0.1) is 18.3 Å². The molecular formula is C20H35ClN4O3. The number of aryl methyl sites for hydroxylation is 1. The summed E-state index contributed by atoms with van der Waals surface area (Å²) in [4.78, 5) is 0. The number of H-pyrrole nitrogens is 1. The fourth-order valence-corrected chi connectivity index (χ4v) is 4.49. The molecule has 4 N–H and O–H groups in total. The van der Waals surface area contributed by atoms with E-state index in [-0.39, 0.29) is 23.3 Å². The quantitative estimate of drug-likeness (QED) is 0.224. The molecule has 1 aliphatic rings. The van der Waals surface area contributed by atoms with Gasteiger partial charge in [0.15, 0.2) is 5.82 Å². The molecule has 0 aliphatic heterocycles. The zero-order valence-electron chi connectivity index (χ0n) is 16.8. The summed E-state index contributed by atoms with van der Waals surface area (Å²) in [5.74, 6) is 1.01. The fourth-order valence-electron chi connectivity index (χ4n) is 4.01. The standard InChI is InChI=1S/C20H35ClN4O3/c1-14(26)7-6-8-15(27)11-12-17-16(18(21)13-19(17)28)9-4-2-3-5-10-20-22-24-25-23-20/h11-12,14-19,26-28H,2-10,13H2,1H3,(H,22,23,24,25)/b12-11+/t14-,15+,16-,17-,18-,19-/m1/s1. The summed E-state index contributed by atoms with van der Waals surface area (Å²) in [5, 5.41) is 43.7. The van der Waals surface area contributed by atoms with Crippen LogP contribution in [0.2, 0.25) is 0 Å². The van der Waals surface area contributed by atoms with Gasteiger partial charge in [0, 0.05) is 17.7 Å². The molecule has 0 radical (unpaired) electrons. The van der Waals surface area contributed by atoms with Crippen molar-refractivity contribution in [2.75, 3.05) is 0 Å². The molecule has 1 aliphatic carbocycles. The summed E-state index contributed by atoms with van der Waals surface area (Å²) in [6.07, 6.45) is 11.3. The highest BCUT2D eigenvalue weighted by molar-refractivity contribution is 6.21. The molecule has 6 atom stereocenters. The molecular weight excluding hydrogens is 380 g/mol. The number of alkyl halides is 1. The van der Waals surface area contributed by atoms with Crippen molar-refractivity contribution in [2.24, 2.45) is 11.8 Å². The van der Waals surface area contributed by atoms with Crippen LogP contribution in [-0.4, -0.2) is 59.6 Å². The third-order valence-electron chi connectivity index (χ3n) is 5.62. The average molecular weight is 415 g/mol. The second kappa shape index (κ2) is 12.5.